The minimum atomic E-state index is -0.228. The number of nitrogens with two attached hydrogens (primary N) is 1. The summed E-state index contributed by atoms with van der Waals surface area (Å²) in [6.07, 6.45) is 2.36. The molecule has 0 radical (unpaired) electrons. The van der Waals surface area contributed by atoms with Gasteiger partial charge in [0.25, 0.3) is 5.91 Å². The predicted molar refractivity (Wildman–Crippen MR) is 59.0 cm³/mol. The van der Waals surface area contributed by atoms with Crippen LogP contribution in [-0.2, 0) is 0 Å². The molecule has 1 aromatic heterocycles. The van der Waals surface area contributed by atoms with E-state index in [4.69, 9.17) is 10.2 Å². The zero-order chi connectivity index (χ0) is 11.7. The molecule has 3 N–H and O–H groups in total. The highest BCUT2D eigenvalue weighted by atomic mass is 16.4. The third-order valence-corrected chi connectivity index (χ3v) is 2.84. The third-order valence-electron chi connectivity index (χ3n) is 2.84. The maximum absolute atomic E-state index is 11.7. The summed E-state index contributed by atoms with van der Waals surface area (Å²) in [5.74, 6) is 1.15. The molecule has 2 rings (SSSR count). The Morgan fingerprint density at radius 1 is 1.62 bits per heavy atom. The predicted octanol–water partition coefficient (Wildman–Crippen LogP) is 0.759. The van der Waals surface area contributed by atoms with Gasteiger partial charge in [-0.2, -0.15) is 0 Å². The summed E-state index contributed by atoms with van der Waals surface area (Å²) in [5.41, 5.74) is 6.51. The van der Waals surface area contributed by atoms with Gasteiger partial charge in [0.1, 0.15) is 0 Å². The van der Waals surface area contributed by atoms with E-state index in [2.05, 4.69) is 10.3 Å². The second-order valence-electron chi connectivity index (χ2n) is 4.36. The Labute approximate surface area is 94.4 Å². The molecule has 0 aromatic carbocycles. The van der Waals surface area contributed by atoms with Gasteiger partial charge in [-0.05, 0) is 25.7 Å². The molecule has 1 fully saturated rings. The molecule has 5 heteroatoms. The van der Waals surface area contributed by atoms with Crippen LogP contribution in [0.2, 0.25) is 0 Å². The van der Waals surface area contributed by atoms with Crippen molar-refractivity contribution >= 4 is 5.91 Å². The van der Waals surface area contributed by atoms with E-state index in [0.29, 0.717) is 29.8 Å². The van der Waals surface area contributed by atoms with Gasteiger partial charge in [-0.1, -0.05) is 0 Å². The summed E-state index contributed by atoms with van der Waals surface area (Å²) in [4.78, 5) is 15.8. The van der Waals surface area contributed by atoms with Crippen molar-refractivity contribution < 1.29 is 9.21 Å². The van der Waals surface area contributed by atoms with Crippen LogP contribution in [0.4, 0.5) is 0 Å². The number of amides is 1. The van der Waals surface area contributed by atoms with Crippen LogP contribution in [0, 0.1) is 19.8 Å². The first kappa shape index (κ1) is 11.1. The summed E-state index contributed by atoms with van der Waals surface area (Å²) in [5, 5.41) is 2.78. The molecule has 5 nitrogen and oxygen atoms in total. The number of oxazole rings is 1. The lowest BCUT2D eigenvalue weighted by molar-refractivity contribution is 0.0920. The second-order valence-corrected chi connectivity index (χ2v) is 4.36. The summed E-state index contributed by atoms with van der Waals surface area (Å²) in [6, 6.07) is 0.0632. The molecule has 0 aliphatic heterocycles. The lowest BCUT2D eigenvalue weighted by Gasteiger charge is -2.10. The quantitative estimate of drug-likeness (QED) is 0.789. The molecule has 0 saturated heterocycles. The molecule has 1 heterocycles. The number of nitrogens with zero attached hydrogens (tertiary/aromatic N) is 1. The first-order valence-electron chi connectivity index (χ1n) is 5.55. The maximum Gasteiger partial charge on any atom is 0.289 e. The van der Waals surface area contributed by atoms with Crippen LogP contribution in [0.15, 0.2) is 4.42 Å². The summed E-state index contributed by atoms with van der Waals surface area (Å²) < 4.78 is 5.22. The molecule has 1 aliphatic rings. The number of nitrogens with one attached hydrogen (secondary N) is 1. The van der Waals surface area contributed by atoms with Gasteiger partial charge in [-0.3, -0.25) is 4.79 Å². The molecule has 1 amide bonds. The Morgan fingerprint density at radius 2 is 2.31 bits per heavy atom. The normalized spacial score (nSPS) is 17.2. The van der Waals surface area contributed by atoms with Crippen LogP contribution in [0.3, 0.4) is 0 Å². The average molecular weight is 223 g/mol. The molecule has 88 valence electrons. The standard InChI is InChI=1S/C11H17N3O2/c1-6-10(16-7(2)14-6)11(15)13-5-9(12)8-3-4-8/h8-9H,3-5,12H2,1-2H3,(H,13,15). The Morgan fingerprint density at radius 3 is 2.81 bits per heavy atom. The zero-order valence-corrected chi connectivity index (χ0v) is 9.62. The SMILES string of the molecule is Cc1nc(C)c(C(=O)NCC(N)C2CC2)o1. The van der Waals surface area contributed by atoms with Gasteiger partial charge in [0.2, 0.25) is 5.76 Å². The van der Waals surface area contributed by atoms with Crippen LogP contribution in [0.25, 0.3) is 0 Å². The molecule has 1 aromatic rings. The molecule has 1 aliphatic carbocycles. The number of carbonyl (C=O) groups is 1. The minimum Gasteiger partial charge on any atom is -0.436 e. The van der Waals surface area contributed by atoms with E-state index in [9.17, 15) is 4.79 Å². The highest BCUT2D eigenvalue weighted by molar-refractivity contribution is 5.92. The van der Waals surface area contributed by atoms with Crippen molar-refractivity contribution in [2.24, 2.45) is 11.7 Å². The Balaban J connectivity index is 1.89. The molecule has 1 unspecified atom stereocenters. The van der Waals surface area contributed by atoms with E-state index >= 15 is 0 Å². The molecule has 1 saturated carbocycles. The first-order chi connectivity index (χ1) is 7.58. The van der Waals surface area contributed by atoms with E-state index < -0.39 is 0 Å². The largest absolute Gasteiger partial charge is 0.436 e. The lowest BCUT2D eigenvalue weighted by atomic mass is 10.2. The monoisotopic (exact) mass is 223 g/mol. The number of hydrogen-bond donors (Lipinski definition) is 2. The van der Waals surface area contributed by atoms with Crippen molar-refractivity contribution in [2.45, 2.75) is 32.7 Å². The minimum absolute atomic E-state index is 0.0632. The zero-order valence-electron chi connectivity index (χ0n) is 9.62. The molecular weight excluding hydrogens is 206 g/mol. The summed E-state index contributed by atoms with van der Waals surface area (Å²) >= 11 is 0. The molecule has 0 bridgehead atoms. The van der Waals surface area contributed by atoms with E-state index in [1.807, 2.05) is 0 Å². The average Bonchev–Trinajstić information content (AvgIpc) is 3.01. The number of carbonyl (C=O) groups excluding carboxylic acids is 1. The van der Waals surface area contributed by atoms with E-state index in [-0.39, 0.29) is 11.9 Å². The van der Waals surface area contributed by atoms with Crippen LogP contribution in [-0.4, -0.2) is 23.5 Å². The highest BCUT2D eigenvalue weighted by Crippen LogP contribution is 2.31. The fourth-order valence-electron chi connectivity index (χ4n) is 1.72. The van der Waals surface area contributed by atoms with E-state index in [0.717, 1.165) is 0 Å². The van der Waals surface area contributed by atoms with Crippen molar-refractivity contribution in [1.82, 2.24) is 10.3 Å². The third kappa shape index (κ3) is 2.41. The second kappa shape index (κ2) is 4.25. The van der Waals surface area contributed by atoms with Crippen molar-refractivity contribution in [3.05, 3.63) is 17.3 Å². The van der Waals surface area contributed by atoms with Gasteiger partial charge in [-0.15, -0.1) is 0 Å². The Hall–Kier alpha value is -1.36. The topological polar surface area (TPSA) is 81.2 Å². The van der Waals surface area contributed by atoms with Crippen LogP contribution in [0.1, 0.15) is 35.0 Å². The van der Waals surface area contributed by atoms with Gasteiger partial charge < -0.3 is 15.5 Å². The number of aryl methyl sites for hydroxylation is 2. The summed E-state index contributed by atoms with van der Waals surface area (Å²) in [7, 11) is 0. The molecule has 1 atom stereocenters. The molecule has 0 spiro atoms. The van der Waals surface area contributed by atoms with Gasteiger partial charge in [0, 0.05) is 19.5 Å². The van der Waals surface area contributed by atoms with Crippen molar-refractivity contribution in [3.63, 3.8) is 0 Å². The van der Waals surface area contributed by atoms with Crippen molar-refractivity contribution in [3.8, 4) is 0 Å². The fourth-order valence-corrected chi connectivity index (χ4v) is 1.72. The molecule has 16 heavy (non-hydrogen) atoms. The fraction of sp³-hybridized carbons (Fsp3) is 0.636. The Bertz CT molecular complexity index is 396. The number of aromatic nitrogens is 1. The Kier molecular flexibility index (Phi) is 2.96. The van der Waals surface area contributed by atoms with E-state index in [1.54, 1.807) is 13.8 Å². The molecular formula is C11H17N3O2. The van der Waals surface area contributed by atoms with Crippen molar-refractivity contribution in [2.75, 3.05) is 6.54 Å². The van der Waals surface area contributed by atoms with Gasteiger partial charge in [-0.25, -0.2) is 4.98 Å². The summed E-state index contributed by atoms with van der Waals surface area (Å²) in [6.45, 7) is 3.98. The van der Waals surface area contributed by atoms with E-state index in [1.165, 1.54) is 12.8 Å². The van der Waals surface area contributed by atoms with Crippen molar-refractivity contribution in [1.29, 1.82) is 0 Å². The van der Waals surface area contributed by atoms with Crippen LogP contribution in [0.5, 0.6) is 0 Å². The number of hydrogen-bond acceptors (Lipinski definition) is 4. The highest BCUT2D eigenvalue weighted by Gasteiger charge is 2.29. The number of rotatable bonds is 4. The first-order valence-corrected chi connectivity index (χ1v) is 5.55. The van der Waals surface area contributed by atoms with Gasteiger partial charge >= 0.3 is 0 Å². The smallest absolute Gasteiger partial charge is 0.289 e. The van der Waals surface area contributed by atoms with Gasteiger partial charge in [0.15, 0.2) is 5.89 Å². The van der Waals surface area contributed by atoms with Crippen LogP contribution < -0.4 is 11.1 Å². The van der Waals surface area contributed by atoms with Crippen LogP contribution >= 0.6 is 0 Å². The maximum atomic E-state index is 11.7. The lowest BCUT2D eigenvalue weighted by Crippen LogP contribution is -2.38. The van der Waals surface area contributed by atoms with Gasteiger partial charge in [0.05, 0.1) is 5.69 Å².